The zero-order valence-electron chi connectivity index (χ0n) is 13.0. The quantitative estimate of drug-likeness (QED) is 0.576. The molecule has 1 aliphatic carbocycles. The van der Waals surface area contributed by atoms with Gasteiger partial charge in [0.15, 0.2) is 0 Å². The lowest BCUT2D eigenvalue weighted by Crippen LogP contribution is -2.39. The van der Waals surface area contributed by atoms with Gasteiger partial charge in [-0.2, -0.15) is 0 Å². The number of hydrogen-bond donors (Lipinski definition) is 3. The summed E-state index contributed by atoms with van der Waals surface area (Å²) in [6.45, 7) is 4.66. The van der Waals surface area contributed by atoms with Crippen LogP contribution in [0, 0.1) is 11.3 Å². The van der Waals surface area contributed by atoms with Crippen LogP contribution < -0.4 is 11.1 Å². The Balaban J connectivity index is 2.04. The molecule has 1 amide bonds. The van der Waals surface area contributed by atoms with Gasteiger partial charge in [-0.3, -0.25) is 4.79 Å². The van der Waals surface area contributed by atoms with Crippen molar-refractivity contribution in [3.05, 3.63) is 23.8 Å². The predicted molar refractivity (Wildman–Crippen MR) is 84.7 cm³/mol. The van der Waals surface area contributed by atoms with Crippen molar-refractivity contribution in [3.63, 3.8) is 0 Å². The highest BCUT2D eigenvalue weighted by molar-refractivity contribution is 5.83. The molecule has 4 nitrogen and oxygen atoms in total. The van der Waals surface area contributed by atoms with Crippen LogP contribution in [0.5, 0.6) is 5.75 Å². The van der Waals surface area contributed by atoms with Gasteiger partial charge in [0.2, 0.25) is 5.91 Å². The maximum absolute atomic E-state index is 12.6. The van der Waals surface area contributed by atoms with Crippen molar-refractivity contribution >= 4 is 11.6 Å². The van der Waals surface area contributed by atoms with Gasteiger partial charge in [0.05, 0.1) is 0 Å². The topological polar surface area (TPSA) is 75.4 Å². The number of rotatable bonds is 5. The summed E-state index contributed by atoms with van der Waals surface area (Å²) in [7, 11) is 0. The molecule has 0 atom stereocenters. The highest BCUT2D eigenvalue weighted by Gasteiger charge is 2.41. The highest BCUT2D eigenvalue weighted by atomic mass is 16.3. The Kier molecular flexibility index (Phi) is 4.76. The van der Waals surface area contributed by atoms with Crippen LogP contribution in [0.4, 0.5) is 5.69 Å². The molecule has 1 aromatic rings. The number of anilines is 1. The molecule has 2 rings (SSSR count). The maximum Gasteiger partial charge on any atom is 0.226 e. The molecule has 0 unspecified atom stereocenters. The van der Waals surface area contributed by atoms with Gasteiger partial charge in [0.25, 0.3) is 0 Å². The van der Waals surface area contributed by atoms with E-state index in [0.717, 1.165) is 32.1 Å². The lowest BCUT2D eigenvalue weighted by Gasteiger charge is -2.29. The molecule has 1 saturated carbocycles. The molecule has 0 aliphatic heterocycles. The summed E-state index contributed by atoms with van der Waals surface area (Å²) in [4.78, 5) is 12.6. The van der Waals surface area contributed by atoms with E-state index in [9.17, 15) is 9.90 Å². The van der Waals surface area contributed by atoms with Crippen LogP contribution >= 0.6 is 0 Å². The Labute approximate surface area is 126 Å². The number of nitrogens with two attached hydrogens (primary N) is 1. The van der Waals surface area contributed by atoms with E-state index in [1.165, 1.54) is 0 Å². The standard InChI is InChI=1S/C17H26N2O2/c1-12(2)10-17(7-3-4-8-17)16(21)19-11-13-9-14(18)5-6-15(13)20/h5-6,9,12,20H,3-4,7-8,10-11,18H2,1-2H3,(H,19,21). The van der Waals surface area contributed by atoms with Gasteiger partial charge in [-0.1, -0.05) is 26.7 Å². The molecule has 0 aromatic heterocycles. The summed E-state index contributed by atoms with van der Waals surface area (Å²) in [6.07, 6.45) is 5.13. The monoisotopic (exact) mass is 290 g/mol. The van der Waals surface area contributed by atoms with E-state index in [-0.39, 0.29) is 17.1 Å². The van der Waals surface area contributed by atoms with Crippen molar-refractivity contribution < 1.29 is 9.90 Å². The minimum absolute atomic E-state index is 0.121. The second-order valence-electron chi connectivity index (χ2n) is 6.66. The predicted octanol–water partition coefficient (Wildman–Crippen LogP) is 3.20. The fraction of sp³-hybridized carbons (Fsp3) is 0.588. The number of aromatic hydroxyl groups is 1. The first kappa shape index (κ1) is 15.7. The number of amides is 1. The van der Waals surface area contributed by atoms with Gasteiger partial charge >= 0.3 is 0 Å². The molecule has 116 valence electrons. The lowest BCUT2D eigenvalue weighted by molar-refractivity contribution is -0.132. The van der Waals surface area contributed by atoms with Gasteiger partial charge in [-0.25, -0.2) is 0 Å². The third kappa shape index (κ3) is 3.69. The fourth-order valence-electron chi connectivity index (χ4n) is 3.47. The Morgan fingerprint density at radius 1 is 1.38 bits per heavy atom. The number of hydrogen-bond acceptors (Lipinski definition) is 3. The molecule has 0 heterocycles. The Hall–Kier alpha value is -1.71. The van der Waals surface area contributed by atoms with E-state index in [4.69, 9.17) is 5.73 Å². The van der Waals surface area contributed by atoms with Gasteiger partial charge < -0.3 is 16.2 Å². The normalized spacial score (nSPS) is 17.1. The van der Waals surface area contributed by atoms with E-state index >= 15 is 0 Å². The molecule has 0 saturated heterocycles. The molecule has 1 aromatic carbocycles. The minimum Gasteiger partial charge on any atom is -0.508 e. The smallest absolute Gasteiger partial charge is 0.226 e. The van der Waals surface area contributed by atoms with Gasteiger partial charge in [-0.15, -0.1) is 0 Å². The summed E-state index contributed by atoms with van der Waals surface area (Å²) >= 11 is 0. The van der Waals surface area contributed by atoms with Crippen LogP contribution in [0.2, 0.25) is 0 Å². The van der Waals surface area contributed by atoms with Gasteiger partial charge in [0, 0.05) is 23.2 Å². The van der Waals surface area contributed by atoms with Crippen LogP contribution in [0.15, 0.2) is 18.2 Å². The largest absolute Gasteiger partial charge is 0.508 e. The first-order valence-corrected chi connectivity index (χ1v) is 7.79. The van der Waals surface area contributed by atoms with Crippen LogP contribution in [0.3, 0.4) is 0 Å². The Morgan fingerprint density at radius 2 is 2.05 bits per heavy atom. The maximum atomic E-state index is 12.6. The van der Waals surface area contributed by atoms with Crippen molar-refractivity contribution in [1.82, 2.24) is 5.32 Å². The molecule has 4 heteroatoms. The average molecular weight is 290 g/mol. The third-order valence-electron chi connectivity index (χ3n) is 4.38. The summed E-state index contributed by atoms with van der Waals surface area (Å²) < 4.78 is 0. The first-order valence-electron chi connectivity index (χ1n) is 7.79. The molecule has 0 spiro atoms. The number of nitrogens with one attached hydrogen (secondary N) is 1. The van der Waals surface area contributed by atoms with E-state index < -0.39 is 0 Å². The Morgan fingerprint density at radius 3 is 2.67 bits per heavy atom. The Bertz CT molecular complexity index is 506. The van der Waals surface area contributed by atoms with Crippen LogP contribution in [-0.2, 0) is 11.3 Å². The van der Waals surface area contributed by atoms with E-state index in [1.54, 1.807) is 18.2 Å². The SMILES string of the molecule is CC(C)CC1(C(=O)NCc2cc(N)ccc2O)CCCC1. The molecule has 4 N–H and O–H groups in total. The molecule has 0 bridgehead atoms. The second-order valence-corrected chi connectivity index (χ2v) is 6.66. The summed E-state index contributed by atoms with van der Waals surface area (Å²) in [6, 6.07) is 4.92. The van der Waals surface area contributed by atoms with E-state index in [1.807, 2.05) is 0 Å². The van der Waals surface area contributed by atoms with Crippen LogP contribution in [0.25, 0.3) is 0 Å². The van der Waals surface area contributed by atoms with Gasteiger partial charge in [0.1, 0.15) is 5.75 Å². The summed E-state index contributed by atoms with van der Waals surface area (Å²) in [5, 5.41) is 12.8. The molecule has 1 aliphatic rings. The average Bonchev–Trinajstić information content (AvgIpc) is 2.88. The summed E-state index contributed by atoms with van der Waals surface area (Å²) in [5.74, 6) is 0.805. The lowest BCUT2D eigenvalue weighted by atomic mass is 9.77. The van der Waals surface area contributed by atoms with E-state index in [2.05, 4.69) is 19.2 Å². The third-order valence-corrected chi connectivity index (χ3v) is 4.38. The van der Waals surface area contributed by atoms with Crippen molar-refractivity contribution in [2.75, 3.05) is 5.73 Å². The van der Waals surface area contributed by atoms with Crippen molar-refractivity contribution in [2.45, 2.75) is 52.5 Å². The van der Waals surface area contributed by atoms with Crippen molar-refractivity contribution in [3.8, 4) is 5.75 Å². The van der Waals surface area contributed by atoms with Gasteiger partial charge in [-0.05, 0) is 43.4 Å². The number of phenolic OH excluding ortho intramolecular Hbond substituents is 1. The molecular weight excluding hydrogens is 264 g/mol. The number of nitrogen functional groups attached to an aromatic ring is 1. The second kappa shape index (κ2) is 6.37. The first-order chi connectivity index (χ1) is 9.93. The fourth-order valence-corrected chi connectivity index (χ4v) is 3.47. The number of carbonyl (C=O) groups is 1. The number of benzene rings is 1. The number of carbonyl (C=O) groups excluding carboxylic acids is 1. The zero-order chi connectivity index (χ0) is 15.5. The van der Waals surface area contributed by atoms with Crippen LogP contribution in [-0.4, -0.2) is 11.0 Å². The minimum atomic E-state index is -0.218. The summed E-state index contributed by atoms with van der Waals surface area (Å²) in [5.41, 5.74) is 6.77. The van der Waals surface area contributed by atoms with Crippen molar-refractivity contribution in [1.29, 1.82) is 0 Å². The molecule has 0 radical (unpaired) electrons. The van der Waals surface area contributed by atoms with Crippen LogP contribution in [0.1, 0.15) is 51.5 Å². The number of phenols is 1. The zero-order valence-corrected chi connectivity index (χ0v) is 13.0. The highest BCUT2D eigenvalue weighted by Crippen LogP contribution is 2.43. The van der Waals surface area contributed by atoms with E-state index in [0.29, 0.717) is 23.7 Å². The molecule has 21 heavy (non-hydrogen) atoms. The van der Waals surface area contributed by atoms with Crippen molar-refractivity contribution in [2.24, 2.45) is 11.3 Å². The molecule has 1 fully saturated rings. The molecular formula is C17H26N2O2.